The molecule has 3 aromatic carbocycles. The van der Waals surface area contributed by atoms with Crippen molar-refractivity contribution in [2.24, 2.45) is 10.2 Å². The largest absolute Gasteiger partial charge is 0.311 e. The van der Waals surface area contributed by atoms with Crippen LogP contribution in [0.1, 0.15) is 22.7 Å². The summed E-state index contributed by atoms with van der Waals surface area (Å²) >= 11 is 1.22. The quantitative estimate of drug-likeness (QED) is 0.471. The van der Waals surface area contributed by atoms with Gasteiger partial charge < -0.3 is 4.90 Å². The standard InChI is InChI=1S/C26H18N4O2S/c1-29-19-15-9-8-14-18(19)20(24(29)31)23-25(32)30-22(17-12-6-3-7-13-17)21(27-28-26(30)33-23)16-10-4-2-5-11-16/h2-15,22H,1H3/b23-20-/t22-/m0/s1. The molecule has 1 atom stereocenters. The molecule has 0 radical (unpaired) electrons. The number of anilines is 1. The monoisotopic (exact) mass is 450 g/mol. The zero-order chi connectivity index (χ0) is 22.5. The molecule has 6 nitrogen and oxygen atoms in total. The number of carbonyl (C=O) groups is 1. The fourth-order valence-corrected chi connectivity index (χ4v) is 5.50. The molecular weight excluding hydrogens is 432 g/mol. The molecule has 0 aliphatic carbocycles. The van der Waals surface area contributed by atoms with E-state index in [-0.39, 0.29) is 11.5 Å². The third-order valence-corrected chi connectivity index (χ3v) is 7.08. The van der Waals surface area contributed by atoms with Crippen LogP contribution in [0.2, 0.25) is 0 Å². The lowest BCUT2D eigenvalue weighted by Crippen LogP contribution is -2.41. The van der Waals surface area contributed by atoms with E-state index in [1.807, 2.05) is 84.9 Å². The highest BCUT2D eigenvalue weighted by molar-refractivity contribution is 7.07. The van der Waals surface area contributed by atoms with Gasteiger partial charge in [-0.15, -0.1) is 10.2 Å². The van der Waals surface area contributed by atoms with Crippen molar-refractivity contribution in [3.8, 4) is 0 Å². The Morgan fingerprint density at radius 3 is 2.24 bits per heavy atom. The zero-order valence-corrected chi connectivity index (χ0v) is 18.5. The second kappa shape index (κ2) is 7.50. The number of rotatable bonds is 2. The fraction of sp³-hybridized carbons (Fsp3) is 0.0769. The molecule has 2 aliphatic heterocycles. The predicted octanol–water partition coefficient (Wildman–Crippen LogP) is 2.71. The number of para-hydroxylation sites is 1. The number of thiazole rings is 1. The van der Waals surface area contributed by atoms with Crippen molar-refractivity contribution in [1.29, 1.82) is 0 Å². The van der Waals surface area contributed by atoms with Crippen molar-refractivity contribution < 1.29 is 4.79 Å². The number of hydrogen-bond acceptors (Lipinski definition) is 5. The first-order valence-corrected chi connectivity index (χ1v) is 11.4. The number of hydrogen-bond donors (Lipinski definition) is 0. The minimum absolute atomic E-state index is 0.187. The van der Waals surface area contributed by atoms with Crippen LogP contribution in [0.5, 0.6) is 0 Å². The molecule has 1 aromatic heterocycles. The summed E-state index contributed by atoms with van der Waals surface area (Å²) in [6, 6.07) is 26.7. The maximum atomic E-state index is 13.9. The van der Waals surface area contributed by atoms with Crippen LogP contribution in [0.3, 0.4) is 0 Å². The number of fused-ring (bicyclic) bond motifs is 2. The van der Waals surface area contributed by atoms with Crippen LogP contribution in [-0.4, -0.2) is 23.2 Å². The van der Waals surface area contributed by atoms with Gasteiger partial charge >= 0.3 is 0 Å². The molecule has 4 aromatic rings. The van der Waals surface area contributed by atoms with Crippen LogP contribution in [-0.2, 0) is 4.79 Å². The Bertz CT molecular complexity index is 1620. The van der Waals surface area contributed by atoms with E-state index < -0.39 is 6.04 Å². The van der Waals surface area contributed by atoms with E-state index in [0.717, 1.165) is 22.4 Å². The number of amides is 1. The Labute approximate surface area is 193 Å². The highest BCUT2D eigenvalue weighted by Gasteiger charge is 2.34. The number of benzene rings is 3. The summed E-state index contributed by atoms with van der Waals surface area (Å²) in [4.78, 5) is 29.1. The summed E-state index contributed by atoms with van der Waals surface area (Å²) in [5.74, 6) is -0.187. The fourth-order valence-electron chi connectivity index (χ4n) is 4.46. The Balaban J connectivity index is 1.65. The van der Waals surface area contributed by atoms with Crippen molar-refractivity contribution in [3.63, 3.8) is 0 Å². The van der Waals surface area contributed by atoms with Crippen LogP contribution in [0.4, 0.5) is 5.69 Å². The summed E-state index contributed by atoms with van der Waals surface area (Å²) in [5.41, 5.74) is 4.28. The molecule has 33 heavy (non-hydrogen) atoms. The number of likely N-dealkylation sites (N-methyl/N-ethyl adjacent to an activating group) is 1. The van der Waals surface area contributed by atoms with Gasteiger partial charge in [0.25, 0.3) is 11.5 Å². The minimum Gasteiger partial charge on any atom is -0.311 e. The Morgan fingerprint density at radius 2 is 1.48 bits per heavy atom. The van der Waals surface area contributed by atoms with Gasteiger partial charge in [-0.1, -0.05) is 90.2 Å². The van der Waals surface area contributed by atoms with Gasteiger partial charge in [0, 0.05) is 18.2 Å². The molecule has 6 rings (SSSR count). The van der Waals surface area contributed by atoms with Crippen molar-refractivity contribution in [2.75, 3.05) is 11.9 Å². The molecule has 0 spiro atoms. The van der Waals surface area contributed by atoms with Crippen LogP contribution < -0.4 is 19.8 Å². The van der Waals surface area contributed by atoms with Gasteiger partial charge in [0.2, 0.25) is 4.80 Å². The highest BCUT2D eigenvalue weighted by Crippen LogP contribution is 2.33. The van der Waals surface area contributed by atoms with E-state index in [0.29, 0.717) is 20.6 Å². The average Bonchev–Trinajstić information content (AvgIpc) is 3.33. The van der Waals surface area contributed by atoms with Crippen molar-refractivity contribution >= 4 is 34.2 Å². The van der Waals surface area contributed by atoms with Crippen molar-refractivity contribution in [1.82, 2.24) is 4.57 Å². The third kappa shape index (κ3) is 2.93. The predicted molar refractivity (Wildman–Crippen MR) is 129 cm³/mol. The summed E-state index contributed by atoms with van der Waals surface area (Å²) in [5, 5.41) is 8.96. The van der Waals surface area contributed by atoms with Crippen LogP contribution in [0.25, 0.3) is 5.57 Å². The van der Waals surface area contributed by atoms with E-state index in [9.17, 15) is 9.59 Å². The first-order chi connectivity index (χ1) is 16.1. The number of carbonyl (C=O) groups excluding carboxylic acids is 1. The second-order valence-corrected chi connectivity index (χ2v) is 8.89. The second-order valence-electron chi connectivity index (χ2n) is 7.91. The van der Waals surface area contributed by atoms with E-state index >= 15 is 0 Å². The molecule has 160 valence electrons. The van der Waals surface area contributed by atoms with Crippen LogP contribution >= 0.6 is 11.3 Å². The Kier molecular flexibility index (Phi) is 4.45. The molecule has 0 saturated carbocycles. The molecule has 0 fully saturated rings. The van der Waals surface area contributed by atoms with Crippen LogP contribution in [0.15, 0.2) is 99.9 Å². The molecule has 0 bridgehead atoms. The summed E-state index contributed by atoms with van der Waals surface area (Å²) in [7, 11) is 1.73. The lowest BCUT2D eigenvalue weighted by molar-refractivity contribution is -0.112. The minimum atomic E-state index is -0.441. The smallest absolute Gasteiger partial charge is 0.272 e. The van der Waals surface area contributed by atoms with E-state index in [1.165, 1.54) is 11.3 Å². The van der Waals surface area contributed by atoms with Crippen molar-refractivity contribution in [2.45, 2.75) is 6.04 Å². The van der Waals surface area contributed by atoms with Gasteiger partial charge in [-0.05, 0) is 11.6 Å². The number of aromatic nitrogens is 1. The summed E-state index contributed by atoms with van der Waals surface area (Å²) < 4.78 is 2.06. The maximum Gasteiger partial charge on any atom is 0.272 e. The van der Waals surface area contributed by atoms with Gasteiger partial charge in [-0.2, -0.15) is 0 Å². The zero-order valence-electron chi connectivity index (χ0n) is 17.7. The summed E-state index contributed by atoms with van der Waals surface area (Å²) in [6.45, 7) is 0. The molecule has 2 aliphatic rings. The summed E-state index contributed by atoms with van der Waals surface area (Å²) in [6.07, 6.45) is 0. The molecule has 0 N–H and O–H groups in total. The maximum absolute atomic E-state index is 13.9. The highest BCUT2D eigenvalue weighted by atomic mass is 32.1. The third-order valence-electron chi connectivity index (χ3n) is 6.04. The normalized spacial score (nSPS) is 18.5. The molecule has 7 heteroatoms. The van der Waals surface area contributed by atoms with Gasteiger partial charge in [-0.25, -0.2) is 0 Å². The van der Waals surface area contributed by atoms with Gasteiger partial charge in [0.15, 0.2) is 0 Å². The van der Waals surface area contributed by atoms with Crippen molar-refractivity contribution in [3.05, 3.63) is 121 Å². The van der Waals surface area contributed by atoms with Gasteiger partial charge in [0.05, 0.1) is 17.0 Å². The van der Waals surface area contributed by atoms with Gasteiger partial charge in [-0.3, -0.25) is 14.2 Å². The molecular formula is C26H18N4O2S. The Hall–Kier alpha value is -4.10. The topological polar surface area (TPSA) is 67.0 Å². The first kappa shape index (κ1) is 19.6. The lowest BCUT2D eigenvalue weighted by Gasteiger charge is -2.22. The molecule has 3 heterocycles. The van der Waals surface area contributed by atoms with E-state index in [4.69, 9.17) is 0 Å². The van der Waals surface area contributed by atoms with Crippen LogP contribution in [0, 0.1) is 0 Å². The lowest BCUT2D eigenvalue weighted by atomic mass is 9.96. The van der Waals surface area contributed by atoms with Gasteiger partial charge in [0.1, 0.15) is 10.6 Å². The van der Waals surface area contributed by atoms with E-state index in [2.05, 4.69) is 10.2 Å². The molecule has 0 saturated heterocycles. The molecule has 0 unspecified atom stereocenters. The molecule has 1 amide bonds. The SMILES string of the molecule is CN1C(=O)/C(=c2\sc3n(c2=O)[C@@H](c2ccccc2)C(c2ccccc2)=NN=3)c2ccccc21. The Morgan fingerprint density at radius 1 is 0.818 bits per heavy atom. The average molecular weight is 451 g/mol. The van der Waals surface area contributed by atoms with E-state index in [1.54, 1.807) is 16.5 Å². The number of nitrogens with zero attached hydrogens (tertiary/aromatic N) is 4. The first-order valence-electron chi connectivity index (χ1n) is 10.5.